The molecule has 0 saturated carbocycles. The molecule has 0 aliphatic heterocycles. The Labute approximate surface area is 316 Å². The maximum absolute atomic E-state index is 6.71. The third-order valence-electron chi connectivity index (χ3n) is 9.80. The van der Waals surface area contributed by atoms with Gasteiger partial charge in [0.15, 0.2) is 0 Å². The van der Waals surface area contributed by atoms with Gasteiger partial charge < -0.3 is 9.30 Å². The summed E-state index contributed by atoms with van der Waals surface area (Å²) in [5.41, 5.74) is 12.5. The molecule has 0 spiro atoms. The Morgan fingerprint density at radius 2 is 1.55 bits per heavy atom. The molecule has 5 nitrogen and oxygen atoms in total. The standard InChI is InChI=1S/C45H46N4O.Pd/c1-9-11-18-40-44(43-29(3)15-14-16-30(43)4)31(5)47-49(40)34-25-33(45(6,7)8)26-36(27-34)50-35-20-21-38-37-17-12-13-19-39(37)48(41(38)28-35)42-24-32(10-2)22-23-46-42;/h12-17,19-26H,9-11,18H2,1-8H3;/q-2;+2. The Morgan fingerprint density at radius 1 is 0.784 bits per heavy atom. The first-order chi connectivity index (χ1) is 24.1. The Kier molecular flexibility index (Phi) is 10.4. The molecule has 4 aromatic carbocycles. The summed E-state index contributed by atoms with van der Waals surface area (Å²) in [6.07, 6.45) is 5.93. The zero-order valence-electron chi connectivity index (χ0n) is 30.9. The average molecular weight is 765 g/mol. The molecular formula is C45H46N4OPd. The van der Waals surface area contributed by atoms with E-state index in [0.29, 0.717) is 11.5 Å². The van der Waals surface area contributed by atoms with E-state index in [0.717, 1.165) is 70.3 Å². The zero-order valence-corrected chi connectivity index (χ0v) is 32.5. The molecule has 0 aliphatic carbocycles. The molecule has 0 fully saturated rings. The van der Waals surface area contributed by atoms with Crippen LogP contribution in [0, 0.1) is 32.9 Å². The molecule has 6 heteroatoms. The predicted molar refractivity (Wildman–Crippen MR) is 206 cm³/mol. The molecule has 0 bridgehead atoms. The van der Waals surface area contributed by atoms with E-state index in [1.165, 1.54) is 33.5 Å². The van der Waals surface area contributed by atoms with E-state index in [2.05, 4.69) is 150 Å². The molecule has 0 atom stereocenters. The van der Waals surface area contributed by atoms with Gasteiger partial charge in [-0.1, -0.05) is 83.0 Å². The van der Waals surface area contributed by atoms with Gasteiger partial charge in [0, 0.05) is 34.5 Å². The summed E-state index contributed by atoms with van der Waals surface area (Å²) in [5.74, 6) is 2.14. The first-order valence-corrected chi connectivity index (χ1v) is 17.9. The number of ether oxygens (including phenoxy) is 1. The first-order valence-electron chi connectivity index (χ1n) is 17.9. The minimum Gasteiger partial charge on any atom is -0.509 e. The summed E-state index contributed by atoms with van der Waals surface area (Å²) in [4.78, 5) is 4.78. The van der Waals surface area contributed by atoms with Crippen molar-refractivity contribution in [3.63, 3.8) is 0 Å². The second-order valence-electron chi connectivity index (χ2n) is 14.5. The molecule has 51 heavy (non-hydrogen) atoms. The van der Waals surface area contributed by atoms with Crippen molar-refractivity contribution < 1.29 is 25.2 Å². The Hall–Kier alpha value is -4.50. The molecule has 0 unspecified atom stereocenters. The minimum atomic E-state index is -0.126. The molecule has 0 amide bonds. The summed E-state index contributed by atoms with van der Waals surface area (Å²) >= 11 is 0. The van der Waals surface area contributed by atoms with Gasteiger partial charge in [-0.3, -0.25) is 4.68 Å². The molecule has 3 heterocycles. The van der Waals surface area contributed by atoms with E-state index in [1.807, 2.05) is 12.3 Å². The number of benzene rings is 4. The second-order valence-corrected chi connectivity index (χ2v) is 14.5. The van der Waals surface area contributed by atoms with Gasteiger partial charge in [-0.25, -0.2) is 4.98 Å². The predicted octanol–water partition coefficient (Wildman–Crippen LogP) is 11.5. The van der Waals surface area contributed by atoms with E-state index in [1.54, 1.807) is 0 Å². The molecular weight excluding hydrogens is 719 g/mol. The van der Waals surface area contributed by atoms with Crippen LogP contribution in [0.1, 0.15) is 81.1 Å². The summed E-state index contributed by atoms with van der Waals surface area (Å²) < 4.78 is 11.0. The molecule has 7 rings (SSSR count). The average Bonchev–Trinajstić information content (AvgIpc) is 3.60. The van der Waals surface area contributed by atoms with Crippen LogP contribution in [0.2, 0.25) is 0 Å². The van der Waals surface area contributed by atoms with Gasteiger partial charge in [0.2, 0.25) is 0 Å². The van der Waals surface area contributed by atoms with Crippen LogP contribution in [-0.2, 0) is 38.7 Å². The zero-order chi connectivity index (χ0) is 35.2. The van der Waals surface area contributed by atoms with E-state index in [-0.39, 0.29) is 25.8 Å². The van der Waals surface area contributed by atoms with Crippen molar-refractivity contribution >= 4 is 21.8 Å². The van der Waals surface area contributed by atoms with Crippen LogP contribution in [0.5, 0.6) is 11.5 Å². The molecule has 0 aliphatic rings. The quantitative estimate of drug-likeness (QED) is 0.109. The monoisotopic (exact) mass is 764 g/mol. The van der Waals surface area contributed by atoms with Crippen molar-refractivity contribution in [1.82, 2.24) is 19.3 Å². The number of hydrogen-bond acceptors (Lipinski definition) is 3. The maximum Gasteiger partial charge on any atom is 2.00 e. The van der Waals surface area contributed by atoms with Gasteiger partial charge in [-0.05, 0) is 97.0 Å². The first kappa shape index (κ1) is 36.3. The van der Waals surface area contributed by atoms with Gasteiger partial charge in [0.1, 0.15) is 5.82 Å². The summed E-state index contributed by atoms with van der Waals surface area (Å²) in [5, 5.41) is 7.47. The Morgan fingerprint density at radius 3 is 2.27 bits per heavy atom. The van der Waals surface area contributed by atoms with Crippen molar-refractivity contribution in [1.29, 1.82) is 0 Å². The van der Waals surface area contributed by atoms with Crippen LogP contribution in [-0.4, -0.2) is 19.3 Å². The fourth-order valence-electron chi connectivity index (χ4n) is 7.11. The summed E-state index contributed by atoms with van der Waals surface area (Å²) in [6.45, 7) is 17.6. The van der Waals surface area contributed by atoms with Crippen molar-refractivity contribution in [3.05, 3.63) is 131 Å². The fourth-order valence-corrected chi connectivity index (χ4v) is 7.11. The third-order valence-corrected chi connectivity index (χ3v) is 9.80. The van der Waals surface area contributed by atoms with Gasteiger partial charge >= 0.3 is 20.4 Å². The fraction of sp³-hybridized carbons (Fsp3) is 0.289. The maximum atomic E-state index is 6.71. The summed E-state index contributed by atoms with van der Waals surface area (Å²) in [7, 11) is 0. The number of pyridine rings is 1. The topological polar surface area (TPSA) is 44.9 Å². The van der Waals surface area contributed by atoms with E-state index >= 15 is 0 Å². The van der Waals surface area contributed by atoms with Crippen LogP contribution < -0.4 is 4.74 Å². The van der Waals surface area contributed by atoms with Crippen molar-refractivity contribution in [2.24, 2.45) is 0 Å². The van der Waals surface area contributed by atoms with Crippen molar-refractivity contribution in [3.8, 4) is 34.1 Å². The van der Waals surface area contributed by atoms with E-state index < -0.39 is 0 Å². The SMILES string of the molecule is CCCCc1c(-c2c(C)cccc2C)c(C)nn1-c1[c-]c(Oc2[c-]c3c(cc2)c2ccccc2n3-c2cc(CC)ccn2)cc(C(C)(C)C)c1.[Pd+2]. The number of nitrogens with zero attached hydrogens (tertiary/aromatic N) is 4. The number of fused-ring (bicyclic) bond motifs is 3. The number of para-hydroxylation sites is 1. The van der Waals surface area contributed by atoms with Crippen LogP contribution in [0.3, 0.4) is 0 Å². The van der Waals surface area contributed by atoms with Gasteiger partial charge in [0.25, 0.3) is 0 Å². The van der Waals surface area contributed by atoms with E-state index in [4.69, 9.17) is 14.8 Å². The Bertz CT molecular complexity index is 2340. The molecule has 0 radical (unpaired) electrons. The minimum absolute atomic E-state index is 0. The molecule has 3 aromatic heterocycles. The smallest absolute Gasteiger partial charge is 0.509 e. The number of aryl methyl sites for hydroxylation is 4. The van der Waals surface area contributed by atoms with E-state index in [9.17, 15) is 0 Å². The van der Waals surface area contributed by atoms with Crippen LogP contribution in [0.25, 0.3) is 44.4 Å². The molecule has 0 saturated heterocycles. The number of unbranched alkanes of at least 4 members (excludes halogenated alkanes) is 1. The Balaban J connectivity index is 0.00000448. The van der Waals surface area contributed by atoms with Gasteiger partial charge in [-0.2, -0.15) is 11.2 Å². The largest absolute Gasteiger partial charge is 2.00 e. The van der Waals surface area contributed by atoms with Crippen molar-refractivity contribution in [2.75, 3.05) is 0 Å². The third kappa shape index (κ3) is 6.93. The molecule has 7 aromatic rings. The van der Waals surface area contributed by atoms with Gasteiger partial charge in [-0.15, -0.1) is 41.3 Å². The van der Waals surface area contributed by atoms with Gasteiger partial charge in [0.05, 0.1) is 5.69 Å². The van der Waals surface area contributed by atoms with Crippen molar-refractivity contribution in [2.45, 2.75) is 86.5 Å². The molecule has 0 N–H and O–H groups in total. The van der Waals surface area contributed by atoms with Crippen LogP contribution in [0.15, 0.2) is 85.1 Å². The van der Waals surface area contributed by atoms with Crippen LogP contribution in [0.4, 0.5) is 0 Å². The molecule has 262 valence electrons. The number of rotatable bonds is 9. The number of aromatic nitrogens is 4. The number of hydrogen-bond donors (Lipinski definition) is 0. The second kappa shape index (κ2) is 14.6. The van der Waals surface area contributed by atoms with Crippen LogP contribution >= 0.6 is 0 Å². The summed E-state index contributed by atoms with van der Waals surface area (Å²) in [6, 6.07) is 35.0. The normalized spacial score (nSPS) is 11.7.